The van der Waals surface area contributed by atoms with Gasteiger partial charge in [0.2, 0.25) is 0 Å². The molecule has 0 bridgehead atoms. The van der Waals surface area contributed by atoms with Crippen LogP contribution in [0.15, 0.2) is 0 Å². The van der Waals surface area contributed by atoms with Crippen LogP contribution in [0.2, 0.25) is 0 Å². The molecule has 3 nitrogen and oxygen atoms in total. The van der Waals surface area contributed by atoms with Gasteiger partial charge >= 0.3 is 7.12 Å². The first-order valence-electron chi connectivity index (χ1n) is 3.70. The molecule has 1 fully saturated rings. The summed E-state index contributed by atoms with van der Waals surface area (Å²) in [7, 11) is -0.167. The SMILES string of the molecule is CC(C)[C@H](N)B1OCCO1. The van der Waals surface area contributed by atoms with Crippen molar-refractivity contribution in [3.8, 4) is 0 Å². The molecule has 1 heterocycles. The van der Waals surface area contributed by atoms with Gasteiger partial charge in [-0.25, -0.2) is 0 Å². The molecule has 1 aliphatic rings. The molecular formula is C6H14BNO2. The zero-order valence-corrected chi connectivity index (χ0v) is 6.54. The van der Waals surface area contributed by atoms with Gasteiger partial charge in [0.25, 0.3) is 0 Å². The second kappa shape index (κ2) is 3.37. The number of hydrogen-bond acceptors (Lipinski definition) is 3. The van der Waals surface area contributed by atoms with E-state index in [1.807, 2.05) is 0 Å². The Labute approximate surface area is 62.0 Å². The van der Waals surface area contributed by atoms with Gasteiger partial charge in [-0.05, 0) is 5.92 Å². The highest BCUT2D eigenvalue weighted by atomic mass is 16.6. The summed E-state index contributed by atoms with van der Waals surface area (Å²) < 4.78 is 10.5. The predicted octanol–water partition coefficient (Wildman–Crippen LogP) is 0.0439. The monoisotopic (exact) mass is 143 g/mol. The van der Waals surface area contributed by atoms with Crippen molar-refractivity contribution >= 4 is 7.12 Å². The van der Waals surface area contributed by atoms with Crippen molar-refractivity contribution in [1.29, 1.82) is 0 Å². The van der Waals surface area contributed by atoms with Crippen LogP contribution in [0.4, 0.5) is 0 Å². The molecule has 0 radical (unpaired) electrons. The maximum atomic E-state index is 5.77. The molecule has 4 heteroatoms. The molecule has 0 amide bonds. The Bertz CT molecular complexity index is 104. The second-order valence-corrected chi connectivity index (χ2v) is 2.93. The fourth-order valence-electron chi connectivity index (χ4n) is 0.913. The number of hydrogen-bond donors (Lipinski definition) is 1. The zero-order valence-electron chi connectivity index (χ0n) is 6.54. The maximum Gasteiger partial charge on any atom is 0.475 e. The molecule has 0 aliphatic carbocycles. The predicted molar refractivity (Wildman–Crippen MR) is 40.5 cm³/mol. The van der Waals surface area contributed by atoms with Crippen LogP contribution < -0.4 is 5.73 Å². The van der Waals surface area contributed by atoms with Crippen molar-refractivity contribution in [2.75, 3.05) is 13.2 Å². The van der Waals surface area contributed by atoms with Gasteiger partial charge in [-0.15, -0.1) is 0 Å². The quantitative estimate of drug-likeness (QED) is 0.555. The number of nitrogens with two attached hydrogens (primary N) is 1. The van der Waals surface area contributed by atoms with Crippen LogP contribution >= 0.6 is 0 Å². The minimum absolute atomic E-state index is 0.0162. The summed E-state index contributed by atoms with van der Waals surface area (Å²) in [6, 6.07) is 0. The molecule has 1 aliphatic heterocycles. The Morgan fingerprint density at radius 1 is 1.30 bits per heavy atom. The largest absolute Gasteiger partial charge is 0.475 e. The zero-order chi connectivity index (χ0) is 7.56. The lowest BCUT2D eigenvalue weighted by atomic mass is 9.73. The maximum absolute atomic E-state index is 5.77. The van der Waals surface area contributed by atoms with Gasteiger partial charge in [0.15, 0.2) is 0 Å². The Morgan fingerprint density at radius 2 is 1.80 bits per heavy atom. The Balaban J connectivity index is 2.32. The normalized spacial score (nSPS) is 22.2. The van der Waals surface area contributed by atoms with Crippen molar-refractivity contribution in [3.05, 3.63) is 0 Å². The van der Waals surface area contributed by atoms with E-state index in [4.69, 9.17) is 15.0 Å². The highest BCUT2D eigenvalue weighted by Crippen LogP contribution is 2.08. The molecule has 58 valence electrons. The fourth-order valence-corrected chi connectivity index (χ4v) is 0.913. The van der Waals surface area contributed by atoms with E-state index < -0.39 is 0 Å². The minimum atomic E-state index is -0.167. The molecular weight excluding hydrogens is 129 g/mol. The van der Waals surface area contributed by atoms with Crippen molar-refractivity contribution in [2.45, 2.75) is 19.8 Å². The molecule has 0 unspecified atom stereocenters. The molecule has 0 aromatic rings. The molecule has 1 atom stereocenters. The molecule has 1 rings (SSSR count). The molecule has 1 saturated heterocycles. The molecule has 0 aromatic heterocycles. The fraction of sp³-hybridized carbons (Fsp3) is 1.00. The van der Waals surface area contributed by atoms with E-state index in [9.17, 15) is 0 Å². The highest BCUT2D eigenvalue weighted by Gasteiger charge is 2.32. The van der Waals surface area contributed by atoms with Crippen LogP contribution in [0, 0.1) is 5.92 Å². The summed E-state index contributed by atoms with van der Waals surface area (Å²) in [5.74, 6) is 0.436. The van der Waals surface area contributed by atoms with E-state index in [-0.39, 0.29) is 13.1 Å². The standard InChI is InChI=1S/C6H14BNO2/c1-5(2)6(8)7-9-3-4-10-7/h5-6H,3-4,8H2,1-2H3/t6-/m0/s1. The third kappa shape index (κ3) is 1.72. The first-order chi connectivity index (χ1) is 4.72. The molecule has 10 heavy (non-hydrogen) atoms. The highest BCUT2D eigenvalue weighted by molar-refractivity contribution is 6.47. The van der Waals surface area contributed by atoms with Gasteiger partial charge in [0, 0.05) is 5.94 Å². The summed E-state index contributed by atoms with van der Waals surface area (Å²) >= 11 is 0. The van der Waals surface area contributed by atoms with E-state index in [1.54, 1.807) is 0 Å². The first-order valence-corrected chi connectivity index (χ1v) is 3.70. The first kappa shape index (κ1) is 8.05. The summed E-state index contributed by atoms with van der Waals surface area (Å²) in [6.45, 7) is 5.50. The van der Waals surface area contributed by atoms with Crippen molar-refractivity contribution in [3.63, 3.8) is 0 Å². The smallest absolute Gasteiger partial charge is 0.408 e. The second-order valence-electron chi connectivity index (χ2n) is 2.93. The lowest BCUT2D eigenvalue weighted by molar-refractivity contribution is 0.341. The summed E-state index contributed by atoms with van der Waals surface area (Å²) in [5, 5.41) is 0. The van der Waals surface area contributed by atoms with E-state index >= 15 is 0 Å². The Hall–Kier alpha value is -0.0551. The van der Waals surface area contributed by atoms with Gasteiger partial charge in [-0.2, -0.15) is 0 Å². The third-order valence-corrected chi connectivity index (χ3v) is 1.73. The van der Waals surface area contributed by atoms with Crippen LogP contribution in [-0.4, -0.2) is 26.3 Å². The average Bonchev–Trinajstić information content (AvgIpc) is 2.36. The van der Waals surface area contributed by atoms with Crippen molar-refractivity contribution in [1.82, 2.24) is 0 Å². The number of rotatable bonds is 2. The minimum Gasteiger partial charge on any atom is -0.408 e. The van der Waals surface area contributed by atoms with Gasteiger partial charge in [-0.1, -0.05) is 13.8 Å². The van der Waals surface area contributed by atoms with Crippen LogP contribution in [0.25, 0.3) is 0 Å². The van der Waals surface area contributed by atoms with Crippen LogP contribution in [-0.2, 0) is 9.31 Å². The lowest BCUT2D eigenvalue weighted by Crippen LogP contribution is -2.43. The van der Waals surface area contributed by atoms with Crippen LogP contribution in [0.5, 0.6) is 0 Å². The molecule has 0 aromatic carbocycles. The van der Waals surface area contributed by atoms with Crippen molar-refractivity contribution in [2.24, 2.45) is 11.7 Å². The van der Waals surface area contributed by atoms with Gasteiger partial charge in [-0.3, -0.25) is 0 Å². The third-order valence-electron chi connectivity index (χ3n) is 1.73. The summed E-state index contributed by atoms with van der Waals surface area (Å²) in [4.78, 5) is 0. The van der Waals surface area contributed by atoms with Crippen LogP contribution in [0.1, 0.15) is 13.8 Å². The van der Waals surface area contributed by atoms with Crippen LogP contribution in [0.3, 0.4) is 0 Å². The average molecular weight is 143 g/mol. The van der Waals surface area contributed by atoms with E-state index in [0.717, 1.165) is 0 Å². The van der Waals surface area contributed by atoms with E-state index in [2.05, 4.69) is 13.8 Å². The summed E-state index contributed by atoms with van der Waals surface area (Å²) in [5.41, 5.74) is 5.77. The van der Waals surface area contributed by atoms with Gasteiger partial charge in [0.05, 0.1) is 13.2 Å². The van der Waals surface area contributed by atoms with Crippen molar-refractivity contribution < 1.29 is 9.31 Å². The Morgan fingerprint density at radius 3 is 2.20 bits per heavy atom. The lowest BCUT2D eigenvalue weighted by Gasteiger charge is -2.16. The Kier molecular flexibility index (Phi) is 2.71. The topological polar surface area (TPSA) is 44.5 Å². The molecule has 0 spiro atoms. The van der Waals surface area contributed by atoms with E-state index in [0.29, 0.717) is 19.1 Å². The summed E-state index contributed by atoms with van der Waals surface area (Å²) in [6.07, 6.45) is 0. The molecule has 0 saturated carbocycles. The van der Waals surface area contributed by atoms with E-state index in [1.165, 1.54) is 0 Å². The molecule has 2 N–H and O–H groups in total. The van der Waals surface area contributed by atoms with Gasteiger partial charge < -0.3 is 15.0 Å². The van der Waals surface area contributed by atoms with Gasteiger partial charge in [0.1, 0.15) is 0 Å².